The number of nitrogens with zero attached hydrogens (tertiary/aromatic N) is 5. The lowest BCUT2D eigenvalue weighted by molar-refractivity contribution is -0.114. The Bertz CT molecular complexity index is 1200. The van der Waals surface area contributed by atoms with Crippen LogP contribution in [0.3, 0.4) is 0 Å². The molecule has 0 aliphatic carbocycles. The van der Waals surface area contributed by atoms with Gasteiger partial charge in [-0.3, -0.25) is 10.2 Å². The molecule has 4 heterocycles. The molecule has 1 fully saturated rings. The van der Waals surface area contributed by atoms with Crippen LogP contribution in [0.5, 0.6) is 0 Å². The zero-order valence-electron chi connectivity index (χ0n) is 17.2. The van der Waals surface area contributed by atoms with E-state index in [-0.39, 0.29) is 17.2 Å². The topological polar surface area (TPSA) is 77.1 Å². The number of fused-ring (bicyclic) bond motifs is 1. The first kappa shape index (κ1) is 19.7. The highest BCUT2D eigenvalue weighted by atomic mass is 32.2. The molecule has 1 aromatic carbocycles. The summed E-state index contributed by atoms with van der Waals surface area (Å²) in [5, 5.41) is 15.8. The predicted molar refractivity (Wildman–Crippen MR) is 121 cm³/mol. The highest BCUT2D eigenvalue weighted by Crippen LogP contribution is 2.32. The van der Waals surface area contributed by atoms with Gasteiger partial charge in [-0.25, -0.2) is 4.39 Å². The summed E-state index contributed by atoms with van der Waals surface area (Å²) in [5.41, 5.74) is 2.97. The van der Waals surface area contributed by atoms with Crippen molar-refractivity contribution in [1.29, 1.82) is 5.41 Å². The lowest BCUT2D eigenvalue weighted by atomic mass is 10.1. The maximum Gasteiger partial charge on any atom is 0.283 e. The fraction of sp³-hybridized carbons (Fsp3) is 0.273. The molecule has 1 amide bonds. The summed E-state index contributed by atoms with van der Waals surface area (Å²) in [5.74, 6) is -0.776. The van der Waals surface area contributed by atoms with E-state index in [2.05, 4.69) is 15.0 Å². The number of benzene rings is 1. The van der Waals surface area contributed by atoms with Gasteiger partial charge in [0.05, 0.1) is 11.3 Å². The van der Waals surface area contributed by atoms with Gasteiger partial charge in [0.1, 0.15) is 5.82 Å². The van der Waals surface area contributed by atoms with E-state index < -0.39 is 5.91 Å². The third-order valence-corrected chi connectivity index (χ3v) is 6.65. The Morgan fingerprint density at radius 3 is 2.65 bits per heavy atom. The van der Waals surface area contributed by atoms with Gasteiger partial charge >= 0.3 is 0 Å². The number of aromatic nitrogens is 1. The van der Waals surface area contributed by atoms with Crippen molar-refractivity contribution >= 4 is 39.9 Å². The van der Waals surface area contributed by atoms with Crippen LogP contribution in [-0.2, 0) is 4.79 Å². The van der Waals surface area contributed by atoms with Crippen molar-refractivity contribution in [3.63, 3.8) is 0 Å². The second-order valence-electron chi connectivity index (χ2n) is 7.71. The van der Waals surface area contributed by atoms with Crippen LogP contribution in [-0.4, -0.2) is 49.6 Å². The van der Waals surface area contributed by atoms with Crippen molar-refractivity contribution in [2.45, 2.75) is 26.7 Å². The summed E-state index contributed by atoms with van der Waals surface area (Å²) in [6.07, 6.45) is 3.88. The van der Waals surface area contributed by atoms with Crippen LogP contribution in [0.25, 0.3) is 11.8 Å². The molecule has 0 radical (unpaired) electrons. The van der Waals surface area contributed by atoms with Crippen molar-refractivity contribution in [3.8, 4) is 5.69 Å². The van der Waals surface area contributed by atoms with Crippen molar-refractivity contribution in [1.82, 2.24) is 14.5 Å². The largest absolute Gasteiger partial charge is 0.349 e. The summed E-state index contributed by atoms with van der Waals surface area (Å²) in [4.78, 5) is 19.1. The highest BCUT2D eigenvalue weighted by molar-refractivity contribution is 8.26. The van der Waals surface area contributed by atoms with E-state index in [1.54, 1.807) is 24.3 Å². The molecule has 1 saturated heterocycles. The molecule has 5 rings (SSSR count). The molecule has 3 aliphatic heterocycles. The van der Waals surface area contributed by atoms with E-state index in [1.165, 1.54) is 22.8 Å². The van der Waals surface area contributed by atoms with Crippen LogP contribution >= 0.6 is 11.8 Å². The average Bonchev–Trinajstić information content (AvgIpc) is 3.46. The van der Waals surface area contributed by atoms with Crippen molar-refractivity contribution in [2.24, 2.45) is 10.1 Å². The number of amidine groups is 3. The number of carbonyl (C=O) groups excluding carboxylic acids is 1. The van der Waals surface area contributed by atoms with Gasteiger partial charge < -0.3 is 9.47 Å². The number of para-hydroxylation sites is 1. The Hall–Kier alpha value is -3.20. The lowest BCUT2D eigenvalue weighted by Gasteiger charge is -2.20. The second kappa shape index (κ2) is 7.49. The maximum absolute atomic E-state index is 14.4. The van der Waals surface area contributed by atoms with Gasteiger partial charge in [-0.15, -0.1) is 5.10 Å². The van der Waals surface area contributed by atoms with Gasteiger partial charge in [-0.05, 0) is 68.3 Å². The monoisotopic (exact) mass is 436 g/mol. The molecule has 158 valence electrons. The predicted octanol–water partition coefficient (Wildman–Crippen LogP) is 3.91. The molecule has 31 heavy (non-hydrogen) atoms. The molecule has 0 unspecified atom stereocenters. The Morgan fingerprint density at radius 2 is 1.90 bits per heavy atom. The highest BCUT2D eigenvalue weighted by Gasteiger charge is 2.37. The number of nitrogens with one attached hydrogen (secondary N) is 1. The van der Waals surface area contributed by atoms with Crippen molar-refractivity contribution in [2.75, 3.05) is 13.1 Å². The standard InChI is InChI=1S/C22H21FN6OS/c1-13-11-15(14(2)28(13)18-8-4-3-7-17(18)23)12-16-19(24)29-21(25-20(16)30)31-22(26-29)27-9-5-6-10-27/h3-4,7-8,11-12,24H,5-6,9-10H2,1-2H3/b16-12-,24-19?. The molecular formula is C22H21FN6OS. The number of hydrogen-bond acceptors (Lipinski definition) is 5. The molecule has 1 aromatic heterocycles. The van der Waals surface area contributed by atoms with Crippen molar-refractivity contribution < 1.29 is 9.18 Å². The minimum atomic E-state index is -0.461. The Morgan fingerprint density at radius 1 is 1.16 bits per heavy atom. The van der Waals surface area contributed by atoms with Crippen LogP contribution in [0, 0.1) is 25.1 Å². The number of rotatable bonds is 2. The third-order valence-electron chi connectivity index (χ3n) is 5.68. The van der Waals surface area contributed by atoms with E-state index in [0.29, 0.717) is 10.9 Å². The number of aliphatic imine (C=N–C) groups is 1. The third kappa shape index (κ3) is 3.29. The molecule has 9 heteroatoms. The van der Waals surface area contributed by atoms with Crippen LogP contribution < -0.4 is 0 Å². The first-order chi connectivity index (χ1) is 14.9. The summed E-state index contributed by atoms with van der Waals surface area (Å²) >= 11 is 1.33. The zero-order valence-corrected chi connectivity index (χ0v) is 18.0. The van der Waals surface area contributed by atoms with Crippen LogP contribution in [0.15, 0.2) is 46.0 Å². The van der Waals surface area contributed by atoms with Crippen LogP contribution in [0.1, 0.15) is 29.8 Å². The van der Waals surface area contributed by atoms with Gasteiger partial charge in [0.2, 0.25) is 5.17 Å². The van der Waals surface area contributed by atoms with Gasteiger partial charge in [-0.2, -0.15) is 10.0 Å². The van der Waals surface area contributed by atoms with Crippen molar-refractivity contribution in [3.05, 3.63) is 58.7 Å². The molecule has 0 saturated carbocycles. The number of likely N-dealkylation sites (tertiary alicyclic amines) is 1. The minimum Gasteiger partial charge on any atom is -0.349 e. The number of thioether (sulfide) groups is 1. The number of hydrogen-bond donors (Lipinski definition) is 1. The fourth-order valence-electron chi connectivity index (χ4n) is 4.11. The van der Waals surface area contributed by atoms with E-state index >= 15 is 0 Å². The number of halogens is 1. The molecule has 0 bridgehead atoms. The average molecular weight is 437 g/mol. The SMILES string of the molecule is Cc1cc(/C=C2/C(=N)N3N=C(N4CCCC4)SC3=NC2=O)c(C)n1-c1ccccc1F. The van der Waals surface area contributed by atoms with Gasteiger partial charge in [0.15, 0.2) is 11.0 Å². The Kier molecular flexibility index (Phi) is 4.77. The van der Waals surface area contributed by atoms with E-state index in [9.17, 15) is 9.18 Å². The van der Waals surface area contributed by atoms with E-state index in [0.717, 1.165) is 48.1 Å². The second-order valence-corrected chi connectivity index (χ2v) is 8.64. The number of hydrazone groups is 1. The Balaban J connectivity index is 1.51. The molecule has 2 aromatic rings. The first-order valence-electron chi connectivity index (χ1n) is 10.1. The maximum atomic E-state index is 14.4. The molecule has 0 spiro atoms. The Labute approximate surface area is 183 Å². The van der Waals surface area contributed by atoms with Crippen LogP contribution in [0.2, 0.25) is 0 Å². The minimum absolute atomic E-state index is 0.00684. The van der Waals surface area contributed by atoms with E-state index in [1.807, 2.05) is 24.5 Å². The normalized spacial score (nSPS) is 19.9. The number of carbonyl (C=O) groups is 1. The molecular weight excluding hydrogens is 415 g/mol. The van der Waals surface area contributed by atoms with E-state index in [4.69, 9.17) is 5.41 Å². The zero-order chi connectivity index (χ0) is 21.7. The summed E-state index contributed by atoms with van der Waals surface area (Å²) in [6, 6.07) is 8.45. The number of amides is 1. The number of aryl methyl sites for hydroxylation is 1. The quantitative estimate of drug-likeness (QED) is 0.725. The molecule has 0 atom stereocenters. The van der Waals surface area contributed by atoms with Gasteiger partial charge in [0.25, 0.3) is 5.91 Å². The summed E-state index contributed by atoms with van der Waals surface area (Å²) < 4.78 is 16.2. The molecule has 1 N–H and O–H groups in total. The summed E-state index contributed by atoms with van der Waals surface area (Å²) in [7, 11) is 0. The molecule has 3 aliphatic rings. The smallest absolute Gasteiger partial charge is 0.283 e. The van der Waals surface area contributed by atoms with Crippen LogP contribution in [0.4, 0.5) is 4.39 Å². The fourth-order valence-corrected chi connectivity index (χ4v) is 5.06. The van der Waals surface area contributed by atoms with Gasteiger partial charge in [0, 0.05) is 24.5 Å². The van der Waals surface area contributed by atoms with Gasteiger partial charge in [-0.1, -0.05) is 12.1 Å². The first-order valence-corrected chi connectivity index (χ1v) is 10.9. The summed E-state index contributed by atoms with van der Waals surface area (Å²) in [6.45, 7) is 5.61. The molecule has 7 nitrogen and oxygen atoms in total. The lowest BCUT2D eigenvalue weighted by Crippen LogP contribution is -2.35.